The molecular formula is C20H26N2O3S. The smallest absolute Gasteiger partial charge is 0.253 e. The van der Waals surface area contributed by atoms with Crippen molar-refractivity contribution in [3.63, 3.8) is 0 Å². The third-order valence-corrected chi connectivity index (χ3v) is 6.24. The van der Waals surface area contributed by atoms with E-state index in [1.807, 2.05) is 18.2 Å². The summed E-state index contributed by atoms with van der Waals surface area (Å²) in [4.78, 5) is 14.6. The first-order valence-electron chi connectivity index (χ1n) is 8.39. The highest BCUT2D eigenvalue weighted by Gasteiger charge is 2.25. The van der Waals surface area contributed by atoms with Crippen LogP contribution in [-0.2, 0) is 15.4 Å². The lowest BCUT2D eigenvalue weighted by Gasteiger charge is -2.31. The van der Waals surface area contributed by atoms with Crippen LogP contribution in [0.4, 0.5) is 0 Å². The summed E-state index contributed by atoms with van der Waals surface area (Å²) in [7, 11) is 1.23. The Labute approximate surface area is 156 Å². The largest absolute Gasteiger partial charge is 0.341 e. The molecule has 0 saturated heterocycles. The van der Waals surface area contributed by atoms with E-state index in [4.69, 9.17) is 0 Å². The van der Waals surface area contributed by atoms with Crippen LogP contribution in [-0.4, -0.2) is 51.2 Å². The Morgan fingerprint density at radius 3 is 1.96 bits per heavy atom. The Balaban J connectivity index is 2.16. The first-order chi connectivity index (χ1) is 12.1. The summed E-state index contributed by atoms with van der Waals surface area (Å²) in [6.45, 7) is 4.74. The van der Waals surface area contributed by atoms with Crippen LogP contribution >= 0.6 is 0 Å². The first-order valence-corrected chi connectivity index (χ1v) is 9.83. The average Bonchev–Trinajstić information content (AvgIpc) is 2.61. The zero-order chi connectivity index (χ0) is 19.5. The van der Waals surface area contributed by atoms with Crippen molar-refractivity contribution in [1.82, 2.24) is 9.21 Å². The molecule has 2 aromatic carbocycles. The van der Waals surface area contributed by atoms with Crippen LogP contribution in [0.1, 0.15) is 29.8 Å². The van der Waals surface area contributed by atoms with E-state index in [1.165, 1.54) is 26.2 Å². The number of amides is 1. The van der Waals surface area contributed by atoms with Crippen molar-refractivity contribution in [1.29, 1.82) is 0 Å². The molecule has 0 atom stereocenters. The van der Waals surface area contributed by atoms with Crippen LogP contribution in [0.2, 0.25) is 0 Å². The minimum Gasteiger partial charge on any atom is -0.341 e. The number of nitrogens with zero attached hydrogens (tertiary/aromatic N) is 2. The zero-order valence-corrected chi connectivity index (χ0v) is 16.7. The van der Waals surface area contributed by atoms with Gasteiger partial charge in [0.2, 0.25) is 10.0 Å². The fourth-order valence-electron chi connectivity index (χ4n) is 2.85. The molecule has 0 radical (unpaired) electrons. The summed E-state index contributed by atoms with van der Waals surface area (Å²) in [5.74, 6) is -0.136. The molecule has 0 aliphatic rings. The van der Waals surface area contributed by atoms with E-state index in [2.05, 4.69) is 26.0 Å². The van der Waals surface area contributed by atoms with E-state index in [0.29, 0.717) is 12.1 Å². The summed E-state index contributed by atoms with van der Waals surface area (Å²) in [5, 5.41) is 0. The lowest BCUT2D eigenvalue weighted by Crippen LogP contribution is -2.38. The Hall–Kier alpha value is -2.18. The molecule has 140 valence electrons. The number of rotatable bonds is 6. The lowest BCUT2D eigenvalue weighted by atomic mass is 9.84. The van der Waals surface area contributed by atoms with Gasteiger partial charge in [-0.2, -0.15) is 0 Å². The van der Waals surface area contributed by atoms with Crippen molar-refractivity contribution in [2.75, 3.05) is 27.7 Å². The van der Waals surface area contributed by atoms with E-state index >= 15 is 0 Å². The molecule has 1 amide bonds. The zero-order valence-electron chi connectivity index (χ0n) is 15.9. The second-order valence-corrected chi connectivity index (χ2v) is 9.37. The van der Waals surface area contributed by atoms with E-state index < -0.39 is 10.0 Å². The van der Waals surface area contributed by atoms with Crippen molar-refractivity contribution < 1.29 is 13.2 Å². The number of likely N-dealkylation sites (N-methyl/N-ethyl adjacent to an activating group) is 1. The first kappa shape index (κ1) is 20.1. The van der Waals surface area contributed by atoms with Gasteiger partial charge in [-0.15, -0.1) is 0 Å². The number of sulfonamides is 1. The summed E-state index contributed by atoms with van der Waals surface area (Å²) in [6, 6.07) is 16.1. The minimum absolute atomic E-state index is 0.136. The fraction of sp³-hybridized carbons (Fsp3) is 0.350. The maximum Gasteiger partial charge on any atom is 0.253 e. The van der Waals surface area contributed by atoms with E-state index in [1.54, 1.807) is 24.1 Å². The summed E-state index contributed by atoms with van der Waals surface area (Å²) >= 11 is 0. The molecule has 2 rings (SSSR count). The fourth-order valence-corrected chi connectivity index (χ4v) is 3.75. The number of hydrogen-bond acceptors (Lipinski definition) is 3. The van der Waals surface area contributed by atoms with E-state index in [-0.39, 0.29) is 16.2 Å². The maximum atomic E-state index is 12.7. The summed E-state index contributed by atoms with van der Waals surface area (Å²) in [6.07, 6.45) is 0. The SMILES string of the molecule is CN(CC(C)(C)c1ccccc1)C(=O)c1ccc(S(=O)(=O)N(C)C)cc1. The highest BCUT2D eigenvalue weighted by molar-refractivity contribution is 7.89. The van der Waals surface area contributed by atoms with Crippen LogP contribution in [0.5, 0.6) is 0 Å². The average molecular weight is 375 g/mol. The van der Waals surface area contributed by atoms with Crippen LogP contribution in [0.15, 0.2) is 59.5 Å². The molecule has 0 aromatic heterocycles. The summed E-state index contributed by atoms with van der Waals surface area (Å²) < 4.78 is 25.4. The molecule has 0 aliphatic heterocycles. The van der Waals surface area contributed by atoms with Gasteiger partial charge in [-0.1, -0.05) is 44.2 Å². The number of carbonyl (C=O) groups is 1. The van der Waals surface area contributed by atoms with Gasteiger partial charge in [-0.25, -0.2) is 12.7 Å². The lowest BCUT2D eigenvalue weighted by molar-refractivity contribution is 0.0767. The molecule has 0 unspecified atom stereocenters. The highest BCUT2D eigenvalue weighted by atomic mass is 32.2. The molecule has 26 heavy (non-hydrogen) atoms. The quantitative estimate of drug-likeness (QED) is 0.781. The van der Waals surface area contributed by atoms with Gasteiger partial charge in [0.1, 0.15) is 0 Å². The topological polar surface area (TPSA) is 57.7 Å². The van der Waals surface area contributed by atoms with Crippen LogP contribution in [0.25, 0.3) is 0 Å². The summed E-state index contributed by atoms with van der Waals surface area (Å²) in [5.41, 5.74) is 1.43. The number of hydrogen-bond donors (Lipinski definition) is 0. The molecule has 0 fully saturated rings. The monoisotopic (exact) mass is 374 g/mol. The van der Waals surface area contributed by atoms with Crippen LogP contribution in [0.3, 0.4) is 0 Å². The number of benzene rings is 2. The van der Waals surface area contributed by atoms with Gasteiger partial charge in [0, 0.05) is 38.7 Å². The van der Waals surface area contributed by atoms with Gasteiger partial charge in [-0.05, 0) is 29.8 Å². The third kappa shape index (κ3) is 4.31. The molecule has 0 heterocycles. The van der Waals surface area contributed by atoms with Crippen LogP contribution in [0, 0.1) is 0 Å². The van der Waals surface area contributed by atoms with Gasteiger partial charge in [0.15, 0.2) is 0 Å². The van der Waals surface area contributed by atoms with E-state index in [0.717, 1.165) is 9.87 Å². The molecule has 5 nitrogen and oxygen atoms in total. The number of carbonyl (C=O) groups excluding carboxylic acids is 1. The molecule has 0 spiro atoms. The van der Waals surface area contributed by atoms with Gasteiger partial charge >= 0.3 is 0 Å². The third-order valence-electron chi connectivity index (χ3n) is 4.41. The Bertz CT molecular complexity index is 858. The van der Waals surface area contributed by atoms with Gasteiger partial charge < -0.3 is 4.90 Å². The molecule has 6 heteroatoms. The molecule has 0 aliphatic carbocycles. The second-order valence-electron chi connectivity index (χ2n) is 7.22. The molecule has 0 N–H and O–H groups in total. The van der Waals surface area contributed by atoms with Crippen molar-refractivity contribution in [2.24, 2.45) is 0 Å². The van der Waals surface area contributed by atoms with Gasteiger partial charge in [0.25, 0.3) is 5.91 Å². The van der Waals surface area contributed by atoms with E-state index in [9.17, 15) is 13.2 Å². The Morgan fingerprint density at radius 1 is 0.923 bits per heavy atom. The highest BCUT2D eigenvalue weighted by Crippen LogP contribution is 2.24. The standard InChI is InChI=1S/C20H26N2O3S/c1-20(2,17-9-7-6-8-10-17)15-22(5)19(23)16-11-13-18(14-12-16)26(24,25)21(3)4/h6-14H,15H2,1-5H3. The molecular weight excluding hydrogens is 348 g/mol. The van der Waals surface area contributed by atoms with Crippen molar-refractivity contribution in [2.45, 2.75) is 24.2 Å². The molecule has 2 aromatic rings. The predicted octanol–water partition coefficient (Wildman–Crippen LogP) is 2.99. The second kappa shape index (κ2) is 7.60. The Kier molecular flexibility index (Phi) is 5.88. The van der Waals surface area contributed by atoms with Crippen LogP contribution < -0.4 is 0 Å². The molecule has 0 bridgehead atoms. The maximum absolute atomic E-state index is 12.7. The normalized spacial score (nSPS) is 12.2. The molecule has 0 saturated carbocycles. The predicted molar refractivity (Wildman–Crippen MR) is 104 cm³/mol. The van der Waals surface area contributed by atoms with Gasteiger partial charge in [0.05, 0.1) is 4.90 Å². The van der Waals surface area contributed by atoms with Crippen molar-refractivity contribution >= 4 is 15.9 Å². The van der Waals surface area contributed by atoms with Crippen molar-refractivity contribution in [3.05, 3.63) is 65.7 Å². The minimum atomic E-state index is -3.50. The Morgan fingerprint density at radius 2 is 1.46 bits per heavy atom. The van der Waals surface area contributed by atoms with Gasteiger partial charge in [-0.3, -0.25) is 4.79 Å². The van der Waals surface area contributed by atoms with Crippen molar-refractivity contribution in [3.8, 4) is 0 Å².